The summed E-state index contributed by atoms with van der Waals surface area (Å²) in [5, 5.41) is 5.86. The molecule has 0 rings (SSSR count). The molecule has 2 amide bonds. The summed E-state index contributed by atoms with van der Waals surface area (Å²) in [5.74, 6) is 0. The monoisotopic (exact) mass is 201 g/mol. The van der Waals surface area contributed by atoms with Crippen molar-refractivity contribution in [1.29, 1.82) is 0 Å². The quantitative estimate of drug-likeness (QED) is 0.653. The third-order valence-electron chi connectivity index (χ3n) is 2.00. The zero-order valence-corrected chi connectivity index (χ0v) is 9.92. The predicted octanol–water partition coefficient (Wildman–Crippen LogP) is 1.03. The van der Waals surface area contributed by atoms with Gasteiger partial charge in [0, 0.05) is 25.2 Å². The van der Waals surface area contributed by atoms with Gasteiger partial charge in [0.15, 0.2) is 0 Å². The third kappa shape index (κ3) is 4.46. The molecule has 4 heteroatoms. The van der Waals surface area contributed by atoms with Crippen LogP contribution in [-0.2, 0) is 0 Å². The maximum absolute atomic E-state index is 11.7. The smallest absolute Gasteiger partial charge is 0.317 e. The van der Waals surface area contributed by atoms with Crippen LogP contribution < -0.4 is 10.6 Å². The van der Waals surface area contributed by atoms with Crippen LogP contribution in [-0.4, -0.2) is 43.2 Å². The van der Waals surface area contributed by atoms with Crippen molar-refractivity contribution in [2.24, 2.45) is 0 Å². The number of nitrogens with one attached hydrogen (secondary N) is 2. The molecule has 0 unspecified atom stereocenters. The summed E-state index contributed by atoms with van der Waals surface area (Å²) in [6.07, 6.45) is 0. The van der Waals surface area contributed by atoms with Gasteiger partial charge < -0.3 is 15.5 Å². The maximum atomic E-state index is 11.7. The van der Waals surface area contributed by atoms with Crippen LogP contribution in [0.3, 0.4) is 0 Å². The van der Waals surface area contributed by atoms with E-state index in [1.54, 1.807) is 0 Å². The number of carbonyl (C=O) groups is 1. The van der Waals surface area contributed by atoms with Gasteiger partial charge in [-0.25, -0.2) is 4.79 Å². The van der Waals surface area contributed by atoms with Crippen LogP contribution in [0.4, 0.5) is 4.79 Å². The van der Waals surface area contributed by atoms with Gasteiger partial charge in [0.1, 0.15) is 0 Å². The number of rotatable bonds is 5. The van der Waals surface area contributed by atoms with Crippen LogP contribution in [0, 0.1) is 0 Å². The molecule has 4 nitrogen and oxygen atoms in total. The van der Waals surface area contributed by atoms with E-state index in [2.05, 4.69) is 10.6 Å². The van der Waals surface area contributed by atoms with E-state index < -0.39 is 0 Å². The summed E-state index contributed by atoms with van der Waals surface area (Å²) in [7, 11) is 1.87. The van der Waals surface area contributed by atoms with Gasteiger partial charge >= 0.3 is 6.03 Å². The number of amides is 2. The van der Waals surface area contributed by atoms with Crippen molar-refractivity contribution < 1.29 is 4.79 Å². The lowest BCUT2D eigenvalue weighted by molar-refractivity contribution is 0.165. The Morgan fingerprint density at radius 1 is 1.14 bits per heavy atom. The lowest BCUT2D eigenvalue weighted by Gasteiger charge is -2.30. The van der Waals surface area contributed by atoms with Crippen LogP contribution >= 0.6 is 0 Å². The van der Waals surface area contributed by atoms with Gasteiger partial charge in [0.2, 0.25) is 0 Å². The van der Waals surface area contributed by atoms with Crippen molar-refractivity contribution in [3.63, 3.8) is 0 Å². The molecule has 0 atom stereocenters. The average molecular weight is 201 g/mol. The fourth-order valence-electron chi connectivity index (χ4n) is 1.45. The summed E-state index contributed by atoms with van der Waals surface area (Å²) in [6, 6.07) is 0.499. The number of nitrogens with zero attached hydrogens (tertiary/aromatic N) is 1. The van der Waals surface area contributed by atoms with E-state index in [0.717, 1.165) is 6.54 Å². The predicted molar refractivity (Wildman–Crippen MR) is 59.4 cm³/mol. The first kappa shape index (κ1) is 13.2. The highest BCUT2D eigenvalue weighted by atomic mass is 16.2. The summed E-state index contributed by atoms with van der Waals surface area (Å²) >= 11 is 0. The van der Waals surface area contributed by atoms with Crippen molar-refractivity contribution in [3.05, 3.63) is 0 Å². The Bertz CT molecular complexity index is 161. The Kier molecular flexibility index (Phi) is 6.28. The second-order valence-corrected chi connectivity index (χ2v) is 3.93. The fourth-order valence-corrected chi connectivity index (χ4v) is 1.45. The first-order valence-corrected chi connectivity index (χ1v) is 5.21. The van der Waals surface area contributed by atoms with Gasteiger partial charge in [-0.05, 0) is 34.7 Å². The van der Waals surface area contributed by atoms with Crippen molar-refractivity contribution in [2.75, 3.05) is 20.1 Å². The Morgan fingerprint density at radius 2 is 1.64 bits per heavy atom. The van der Waals surface area contributed by atoms with E-state index in [4.69, 9.17) is 0 Å². The number of hydrogen-bond donors (Lipinski definition) is 2. The van der Waals surface area contributed by atoms with Crippen molar-refractivity contribution in [1.82, 2.24) is 15.5 Å². The lowest BCUT2D eigenvalue weighted by Crippen LogP contribution is -2.48. The minimum atomic E-state index is 0.0188. The third-order valence-corrected chi connectivity index (χ3v) is 2.00. The zero-order chi connectivity index (χ0) is 11.1. The summed E-state index contributed by atoms with van der Waals surface area (Å²) < 4.78 is 0. The second kappa shape index (κ2) is 6.65. The maximum Gasteiger partial charge on any atom is 0.317 e. The van der Waals surface area contributed by atoms with Crippen LogP contribution in [0.25, 0.3) is 0 Å². The average Bonchev–Trinajstić information content (AvgIpc) is 2.03. The van der Waals surface area contributed by atoms with E-state index >= 15 is 0 Å². The van der Waals surface area contributed by atoms with Crippen LogP contribution in [0.1, 0.15) is 27.7 Å². The number of carbonyl (C=O) groups excluding carboxylic acids is 1. The molecule has 0 saturated heterocycles. The summed E-state index contributed by atoms with van der Waals surface area (Å²) in [6.45, 7) is 9.58. The largest absolute Gasteiger partial charge is 0.337 e. The van der Waals surface area contributed by atoms with Crippen LogP contribution in [0.5, 0.6) is 0 Å². The number of hydrogen-bond acceptors (Lipinski definition) is 2. The Balaban J connectivity index is 4.03. The molecule has 0 bridgehead atoms. The lowest BCUT2D eigenvalue weighted by atomic mass is 10.2. The molecule has 14 heavy (non-hydrogen) atoms. The van der Waals surface area contributed by atoms with E-state index in [-0.39, 0.29) is 18.1 Å². The van der Waals surface area contributed by atoms with Crippen LogP contribution in [0.2, 0.25) is 0 Å². The van der Waals surface area contributed by atoms with Gasteiger partial charge in [-0.2, -0.15) is 0 Å². The molecular weight excluding hydrogens is 178 g/mol. The van der Waals surface area contributed by atoms with Gasteiger partial charge in [-0.3, -0.25) is 0 Å². The molecule has 0 aliphatic heterocycles. The minimum absolute atomic E-state index is 0.0188. The minimum Gasteiger partial charge on any atom is -0.337 e. The molecular formula is C10H23N3O. The van der Waals surface area contributed by atoms with Gasteiger partial charge in [0.25, 0.3) is 0 Å². The molecule has 0 aromatic heterocycles. The van der Waals surface area contributed by atoms with E-state index in [9.17, 15) is 4.79 Å². The molecule has 0 radical (unpaired) electrons. The Labute approximate surface area is 87.0 Å². The highest BCUT2D eigenvalue weighted by Crippen LogP contribution is 2.04. The Hall–Kier alpha value is -0.770. The van der Waals surface area contributed by atoms with Gasteiger partial charge in [0.05, 0.1) is 0 Å². The zero-order valence-electron chi connectivity index (χ0n) is 9.92. The van der Waals surface area contributed by atoms with E-state index in [1.807, 2.05) is 39.6 Å². The summed E-state index contributed by atoms with van der Waals surface area (Å²) in [4.78, 5) is 13.5. The SMILES string of the molecule is CNCCNC(=O)N(C(C)C)C(C)C. The topological polar surface area (TPSA) is 44.4 Å². The normalized spacial score (nSPS) is 10.8. The molecule has 0 saturated carbocycles. The molecule has 0 heterocycles. The molecule has 0 fully saturated rings. The highest BCUT2D eigenvalue weighted by Gasteiger charge is 2.18. The van der Waals surface area contributed by atoms with Gasteiger partial charge in [-0.1, -0.05) is 0 Å². The molecule has 0 aromatic rings. The van der Waals surface area contributed by atoms with E-state index in [0.29, 0.717) is 6.54 Å². The first-order chi connectivity index (χ1) is 6.50. The van der Waals surface area contributed by atoms with Crippen LogP contribution in [0.15, 0.2) is 0 Å². The molecule has 0 aliphatic rings. The second-order valence-electron chi connectivity index (χ2n) is 3.93. The molecule has 0 aromatic carbocycles. The highest BCUT2D eigenvalue weighted by molar-refractivity contribution is 5.74. The van der Waals surface area contributed by atoms with Crippen molar-refractivity contribution in [3.8, 4) is 0 Å². The number of urea groups is 1. The molecule has 84 valence electrons. The fraction of sp³-hybridized carbons (Fsp3) is 0.900. The molecule has 0 aliphatic carbocycles. The molecule has 2 N–H and O–H groups in total. The number of likely N-dealkylation sites (N-methyl/N-ethyl adjacent to an activating group) is 1. The standard InChI is InChI=1S/C10H23N3O/c1-8(2)13(9(3)4)10(14)12-7-6-11-5/h8-9,11H,6-7H2,1-5H3,(H,12,14). The van der Waals surface area contributed by atoms with Crippen molar-refractivity contribution in [2.45, 2.75) is 39.8 Å². The van der Waals surface area contributed by atoms with Crippen molar-refractivity contribution >= 4 is 6.03 Å². The molecule has 0 spiro atoms. The van der Waals surface area contributed by atoms with Gasteiger partial charge in [-0.15, -0.1) is 0 Å². The summed E-state index contributed by atoms with van der Waals surface area (Å²) in [5.41, 5.74) is 0. The Morgan fingerprint density at radius 3 is 2.00 bits per heavy atom. The first-order valence-electron chi connectivity index (χ1n) is 5.21. The van der Waals surface area contributed by atoms with E-state index in [1.165, 1.54) is 0 Å².